The Labute approximate surface area is 133 Å². The highest BCUT2D eigenvalue weighted by Crippen LogP contribution is 2.23. The number of hydrogen-bond donors (Lipinski definition) is 0. The molecule has 4 nitrogen and oxygen atoms in total. The lowest BCUT2D eigenvalue weighted by molar-refractivity contribution is 0.0631. The highest BCUT2D eigenvalue weighted by Gasteiger charge is 2.34. The highest BCUT2D eigenvalue weighted by atomic mass is 35.5. The number of benzene rings is 2. The van der Waals surface area contributed by atoms with Gasteiger partial charge in [-0.25, -0.2) is 0 Å². The van der Waals surface area contributed by atoms with Gasteiger partial charge >= 0.3 is 0 Å². The molecule has 1 aliphatic rings. The summed E-state index contributed by atoms with van der Waals surface area (Å²) in [6, 6.07) is 12.2. The number of carbonyl (C=O) groups is 2. The van der Waals surface area contributed by atoms with Crippen molar-refractivity contribution in [1.82, 2.24) is 4.90 Å². The van der Waals surface area contributed by atoms with Crippen LogP contribution in [-0.4, -0.2) is 29.9 Å². The van der Waals surface area contributed by atoms with Gasteiger partial charge in [0.15, 0.2) is 0 Å². The van der Waals surface area contributed by atoms with E-state index in [1.54, 1.807) is 36.4 Å². The molecule has 2 amide bonds. The number of imide groups is 1. The molecule has 3 rings (SSSR count). The Morgan fingerprint density at radius 2 is 1.68 bits per heavy atom. The monoisotopic (exact) mass is 315 g/mol. The van der Waals surface area contributed by atoms with Crippen LogP contribution in [0.4, 0.5) is 0 Å². The Bertz CT molecular complexity index is 722. The van der Waals surface area contributed by atoms with E-state index in [1.165, 1.54) is 4.90 Å². The van der Waals surface area contributed by atoms with Gasteiger partial charge in [-0.05, 0) is 42.8 Å². The second-order valence-electron chi connectivity index (χ2n) is 5.07. The summed E-state index contributed by atoms with van der Waals surface area (Å²) in [6.45, 7) is 2.35. The number of hydrogen-bond acceptors (Lipinski definition) is 3. The van der Waals surface area contributed by atoms with Gasteiger partial charge in [0.25, 0.3) is 11.8 Å². The van der Waals surface area contributed by atoms with E-state index in [9.17, 15) is 9.59 Å². The fourth-order valence-corrected chi connectivity index (χ4v) is 2.52. The van der Waals surface area contributed by atoms with E-state index >= 15 is 0 Å². The van der Waals surface area contributed by atoms with Gasteiger partial charge in [0.2, 0.25) is 0 Å². The molecule has 5 heteroatoms. The van der Waals surface area contributed by atoms with E-state index in [0.29, 0.717) is 21.9 Å². The molecule has 2 aromatic rings. The van der Waals surface area contributed by atoms with Crippen LogP contribution in [0.3, 0.4) is 0 Å². The smallest absolute Gasteiger partial charge is 0.261 e. The van der Waals surface area contributed by atoms with Crippen molar-refractivity contribution < 1.29 is 14.3 Å². The zero-order valence-electron chi connectivity index (χ0n) is 12.0. The molecule has 0 spiro atoms. The average Bonchev–Trinajstić information content (AvgIpc) is 2.76. The summed E-state index contributed by atoms with van der Waals surface area (Å²) in [7, 11) is 0. The molecule has 0 bridgehead atoms. The summed E-state index contributed by atoms with van der Waals surface area (Å²) in [6.07, 6.45) is 0. The quantitative estimate of drug-likeness (QED) is 0.813. The maximum Gasteiger partial charge on any atom is 0.261 e. The molecule has 0 aromatic heterocycles. The molecule has 1 heterocycles. The van der Waals surface area contributed by atoms with Crippen LogP contribution >= 0.6 is 11.6 Å². The number of carbonyl (C=O) groups excluding carboxylic acids is 2. The second-order valence-corrected chi connectivity index (χ2v) is 5.47. The van der Waals surface area contributed by atoms with E-state index in [0.717, 1.165) is 5.56 Å². The number of aryl methyl sites for hydroxylation is 1. The van der Waals surface area contributed by atoms with Crippen molar-refractivity contribution in [2.45, 2.75) is 6.92 Å². The van der Waals surface area contributed by atoms with Crippen molar-refractivity contribution in [2.75, 3.05) is 13.2 Å². The molecule has 0 aliphatic carbocycles. The topological polar surface area (TPSA) is 46.6 Å². The van der Waals surface area contributed by atoms with E-state index in [2.05, 4.69) is 0 Å². The van der Waals surface area contributed by atoms with Crippen molar-refractivity contribution in [2.24, 2.45) is 0 Å². The highest BCUT2D eigenvalue weighted by molar-refractivity contribution is 6.31. The largest absolute Gasteiger partial charge is 0.492 e. The minimum atomic E-state index is -0.267. The maximum atomic E-state index is 12.2. The molecule has 0 fully saturated rings. The molecule has 0 unspecified atom stereocenters. The normalized spacial score (nSPS) is 13.5. The van der Waals surface area contributed by atoms with E-state index in [1.807, 2.05) is 13.0 Å². The van der Waals surface area contributed by atoms with Crippen molar-refractivity contribution in [1.29, 1.82) is 0 Å². The molecule has 22 heavy (non-hydrogen) atoms. The van der Waals surface area contributed by atoms with Gasteiger partial charge in [-0.2, -0.15) is 0 Å². The second kappa shape index (κ2) is 5.81. The molecule has 0 radical (unpaired) electrons. The number of amides is 2. The predicted molar refractivity (Wildman–Crippen MR) is 83.5 cm³/mol. The summed E-state index contributed by atoms with van der Waals surface area (Å²) in [5.74, 6) is 0.131. The summed E-state index contributed by atoms with van der Waals surface area (Å²) in [4.78, 5) is 25.6. The van der Waals surface area contributed by atoms with Crippen LogP contribution in [0.1, 0.15) is 26.3 Å². The Kier molecular flexibility index (Phi) is 3.86. The maximum absolute atomic E-state index is 12.2. The Balaban J connectivity index is 1.64. The summed E-state index contributed by atoms with van der Waals surface area (Å²) in [5, 5.41) is 0.674. The SMILES string of the molecule is Cc1cc(OCCN2C(=O)c3ccccc3C2=O)ccc1Cl. The van der Waals surface area contributed by atoms with Crippen LogP contribution in [-0.2, 0) is 0 Å². The van der Waals surface area contributed by atoms with Crippen LogP contribution in [0.5, 0.6) is 5.75 Å². The molecule has 112 valence electrons. The molecule has 0 N–H and O–H groups in total. The van der Waals surface area contributed by atoms with Crippen LogP contribution in [0.15, 0.2) is 42.5 Å². The van der Waals surface area contributed by atoms with Gasteiger partial charge in [-0.1, -0.05) is 23.7 Å². The van der Waals surface area contributed by atoms with Gasteiger partial charge < -0.3 is 4.74 Å². The summed E-state index contributed by atoms with van der Waals surface area (Å²) >= 11 is 5.95. The zero-order valence-corrected chi connectivity index (χ0v) is 12.8. The van der Waals surface area contributed by atoms with Gasteiger partial charge in [0.05, 0.1) is 17.7 Å². The predicted octanol–water partition coefficient (Wildman–Crippen LogP) is 3.32. The average molecular weight is 316 g/mol. The zero-order chi connectivity index (χ0) is 15.7. The number of nitrogens with zero attached hydrogens (tertiary/aromatic N) is 1. The Morgan fingerprint density at radius 3 is 2.27 bits per heavy atom. The van der Waals surface area contributed by atoms with Crippen molar-refractivity contribution in [3.05, 3.63) is 64.2 Å². The number of ether oxygens (including phenoxy) is 1. The van der Waals surface area contributed by atoms with Crippen molar-refractivity contribution in [3.63, 3.8) is 0 Å². The summed E-state index contributed by atoms with van der Waals surface area (Å²) in [5.41, 5.74) is 1.82. The Morgan fingerprint density at radius 1 is 1.05 bits per heavy atom. The van der Waals surface area contributed by atoms with Crippen LogP contribution in [0.2, 0.25) is 5.02 Å². The van der Waals surface area contributed by atoms with Crippen molar-refractivity contribution >= 4 is 23.4 Å². The first-order valence-electron chi connectivity index (χ1n) is 6.92. The number of rotatable bonds is 4. The van der Waals surface area contributed by atoms with Gasteiger partial charge in [-0.15, -0.1) is 0 Å². The van der Waals surface area contributed by atoms with E-state index in [-0.39, 0.29) is 25.0 Å². The fraction of sp³-hybridized carbons (Fsp3) is 0.176. The lowest BCUT2D eigenvalue weighted by Gasteiger charge is -2.14. The third-order valence-electron chi connectivity index (χ3n) is 3.59. The van der Waals surface area contributed by atoms with E-state index in [4.69, 9.17) is 16.3 Å². The van der Waals surface area contributed by atoms with Crippen LogP contribution in [0.25, 0.3) is 0 Å². The first-order chi connectivity index (χ1) is 10.6. The van der Waals surface area contributed by atoms with Gasteiger partial charge in [0.1, 0.15) is 12.4 Å². The molecular weight excluding hydrogens is 302 g/mol. The van der Waals surface area contributed by atoms with E-state index < -0.39 is 0 Å². The third kappa shape index (κ3) is 2.57. The van der Waals surface area contributed by atoms with Gasteiger partial charge in [-0.3, -0.25) is 14.5 Å². The fourth-order valence-electron chi connectivity index (χ4n) is 2.40. The minimum absolute atomic E-state index is 0.216. The standard InChI is InChI=1S/C17H14ClNO3/c1-11-10-12(6-7-15(11)18)22-9-8-19-16(20)13-4-2-3-5-14(13)17(19)21/h2-7,10H,8-9H2,1H3. The Hall–Kier alpha value is -2.33. The van der Waals surface area contributed by atoms with Crippen LogP contribution < -0.4 is 4.74 Å². The van der Waals surface area contributed by atoms with Crippen LogP contribution in [0, 0.1) is 6.92 Å². The first kappa shape index (κ1) is 14.6. The number of halogens is 1. The minimum Gasteiger partial charge on any atom is -0.492 e. The molecule has 2 aromatic carbocycles. The third-order valence-corrected chi connectivity index (χ3v) is 4.02. The van der Waals surface area contributed by atoms with Crippen molar-refractivity contribution in [3.8, 4) is 5.75 Å². The first-order valence-corrected chi connectivity index (χ1v) is 7.30. The molecule has 0 atom stereocenters. The molecule has 1 aliphatic heterocycles. The molecule has 0 saturated carbocycles. The molecular formula is C17H14ClNO3. The summed E-state index contributed by atoms with van der Waals surface area (Å²) < 4.78 is 5.59. The molecule has 0 saturated heterocycles. The number of fused-ring (bicyclic) bond motifs is 1. The lowest BCUT2D eigenvalue weighted by Crippen LogP contribution is -2.33. The lowest BCUT2D eigenvalue weighted by atomic mass is 10.1. The van der Waals surface area contributed by atoms with Gasteiger partial charge in [0, 0.05) is 5.02 Å².